The van der Waals surface area contributed by atoms with E-state index in [4.69, 9.17) is 5.73 Å². The summed E-state index contributed by atoms with van der Waals surface area (Å²) in [5.41, 5.74) is 7.81. The van der Waals surface area contributed by atoms with Crippen LogP contribution in [0.1, 0.15) is 28.8 Å². The molecule has 1 saturated carbocycles. The van der Waals surface area contributed by atoms with E-state index in [0.29, 0.717) is 23.7 Å². The number of rotatable bonds is 4. The van der Waals surface area contributed by atoms with Gasteiger partial charge in [-0.25, -0.2) is 0 Å². The molecule has 2 amide bonds. The lowest BCUT2D eigenvalue weighted by Crippen LogP contribution is -2.38. The molecule has 1 aromatic carbocycles. The highest BCUT2D eigenvalue weighted by atomic mass is 16.2. The molecule has 1 fully saturated rings. The zero-order valence-corrected chi connectivity index (χ0v) is 10.7. The minimum atomic E-state index is -0.108. The van der Waals surface area contributed by atoms with Gasteiger partial charge >= 0.3 is 0 Å². The Morgan fingerprint density at radius 3 is 2.95 bits per heavy atom. The van der Waals surface area contributed by atoms with Gasteiger partial charge in [-0.3, -0.25) is 9.59 Å². The van der Waals surface area contributed by atoms with Crippen molar-refractivity contribution in [3.8, 4) is 0 Å². The number of nitrogens with zero attached hydrogens (tertiary/aromatic N) is 1. The summed E-state index contributed by atoms with van der Waals surface area (Å²) in [6.45, 7) is 1.35. The Kier molecular flexibility index (Phi) is 2.89. The SMILES string of the molecule is Nc1ccc2c(c1)C(=O)N(CC(=O)NCC1CC1)C2. The van der Waals surface area contributed by atoms with Crippen molar-refractivity contribution in [1.29, 1.82) is 0 Å². The molecule has 1 heterocycles. The molecule has 1 aromatic rings. The van der Waals surface area contributed by atoms with E-state index in [0.717, 1.165) is 12.1 Å². The molecule has 0 saturated heterocycles. The monoisotopic (exact) mass is 259 g/mol. The van der Waals surface area contributed by atoms with Gasteiger partial charge in [-0.05, 0) is 36.5 Å². The van der Waals surface area contributed by atoms with Gasteiger partial charge < -0.3 is 16.0 Å². The second-order valence-corrected chi connectivity index (χ2v) is 5.33. The summed E-state index contributed by atoms with van der Waals surface area (Å²) in [6, 6.07) is 5.31. The number of carbonyl (C=O) groups excluding carboxylic acids is 2. The van der Waals surface area contributed by atoms with Crippen LogP contribution in [0.3, 0.4) is 0 Å². The van der Waals surface area contributed by atoms with Crippen LogP contribution in [0.2, 0.25) is 0 Å². The summed E-state index contributed by atoms with van der Waals surface area (Å²) in [5, 5.41) is 2.87. The van der Waals surface area contributed by atoms with Crippen molar-refractivity contribution in [3.05, 3.63) is 29.3 Å². The Morgan fingerprint density at radius 1 is 1.42 bits per heavy atom. The molecular formula is C14H17N3O2. The Bertz CT molecular complexity index is 537. The molecule has 1 aliphatic carbocycles. The maximum absolute atomic E-state index is 12.1. The fourth-order valence-corrected chi connectivity index (χ4v) is 2.32. The molecule has 0 spiro atoms. The molecular weight excluding hydrogens is 242 g/mol. The number of anilines is 1. The van der Waals surface area contributed by atoms with E-state index in [-0.39, 0.29) is 18.4 Å². The highest BCUT2D eigenvalue weighted by Gasteiger charge is 2.29. The molecule has 3 N–H and O–H groups in total. The van der Waals surface area contributed by atoms with E-state index in [1.54, 1.807) is 17.0 Å². The summed E-state index contributed by atoms with van der Waals surface area (Å²) in [7, 11) is 0. The van der Waals surface area contributed by atoms with Crippen molar-refractivity contribution in [3.63, 3.8) is 0 Å². The van der Waals surface area contributed by atoms with Gasteiger partial charge in [-0.15, -0.1) is 0 Å². The van der Waals surface area contributed by atoms with Crippen molar-refractivity contribution in [1.82, 2.24) is 10.2 Å². The molecule has 5 heteroatoms. The van der Waals surface area contributed by atoms with Crippen LogP contribution < -0.4 is 11.1 Å². The number of benzene rings is 1. The normalized spacial score (nSPS) is 17.5. The predicted octanol–water partition coefficient (Wildman–Crippen LogP) is 0.751. The zero-order valence-electron chi connectivity index (χ0n) is 10.7. The van der Waals surface area contributed by atoms with E-state index < -0.39 is 0 Å². The van der Waals surface area contributed by atoms with Crippen molar-refractivity contribution in [2.24, 2.45) is 5.92 Å². The van der Waals surface area contributed by atoms with E-state index in [2.05, 4.69) is 5.32 Å². The Morgan fingerprint density at radius 2 is 2.21 bits per heavy atom. The van der Waals surface area contributed by atoms with Gasteiger partial charge in [-0.1, -0.05) is 6.07 Å². The van der Waals surface area contributed by atoms with Crippen LogP contribution in [0.5, 0.6) is 0 Å². The van der Waals surface area contributed by atoms with Crippen molar-refractivity contribution in [2.75, 3.05) is 18.8 Å². The lowest BCUT2D eigenvalue weighted by atomic mass is 10.1. The van der Waals surface area contributed by atoms with Crippen LogP contribution in [0.15, 0.2) is 18.2 Å². The van der Waals surface area contributed by atoms with E-state index in [1.807, 2.05) is 6.07 Å². The van der Waals surface area contributed by atoms with Gasteiger partial charge in [0.1, 0.15) is 6.54 Å². The number of carbonyl (C=O) groups is 2. The average molecular weight is 259 g/mol. The molecule has 100 valence electrons. The summed E-state index contributed by atoms with van der Waals surface area (Å²) in [4.78, 5) is 25.5. The quantitative estimate of drug-likeness (QED) is 0.783. The average Bonchev–Trinajstić information content (AvgIpc) is 3.16. The molecule has 0 bridgehead atoms. The van der Waals surface area contributed by atoms with Gasteiger partial charge in [-0.2, -0.15) is 0 Å². The molecule has 5 nitrogen and oxygen atoms in total. The lowest BCUT2D eigenvalue weighted by Gasteiger charge is -2.15. The predicted molar refractivity (Wildman–Crippen MR) is 71.3 cm³/mol. The smallest absolute Gasteiger partial charge is 0.255 e. The first kappa shape index (κ1) is 12.0. The Balaban J connectivity index is 1.61. The van der Waals surface area contributed by atoms with Crippen LogP contribution >= 0.6 is 0 Å². The summed E-state index contributed by atoms with van der Waals surface area (Å²) in [6.07, 6.45) is 2.40. The van der Waals surface area contributed by atoms with Crippen LogP contribution in [0, 0.1) is 5.92 Å². The van der Waals surface area contributed by atoms with E-state index in [9.17, 15) is 9.59 Å². The Hall–Kier alpha value is -2.04. The highest BCUT2D eigenvalue weighted by molar-refractivity contribution is 6.00. The van der Waals surface area contributed by atoms with Gasteiger partial charge in [0.2, 0.25) is 5.91 Å². The standard InChI is InChI=1S/C14H17N3O2/c15-11-4-3-10-7-17(14(19)12(10)5-11)8-13(18)16-6-9-1-2-9/h3-5,9H,1-2,6-8,15H2,(H,16,18). The van der Waals surface area contributed by atoms with Gasteiger partial charge in [0.15, 0.2) is 0 Å². The number of hydrogen-bond acceptors (Lipinski definition) is 3. The van der Waals surface area contributed by atoms with Crippen LogP contribution in [0.4, 0.5) is 5.69 Å². The first-order chi connectivity index (χ1) is 9.13. The van der Waals surface area contributed by atoms with Crippen molar-refractivity contribution < 1.29 is 9.59 Å². The number of amides is 2. The summed E-state index contributed by atoms with van der Waals surface area (Å²) in [5.74, 6) is 0.458. The van der Waals surface area contributed by atoms with Gasteiger partial charge in [0.25, 0.3) is 5.91 Å². The largest absolute Gasteiger partial charge is 0.399 e. The fraction of sp³-hybridized carbons (Fsp3) is 0.429. The fourth-order valence-electron chi connectivity index (χ4n) is 2.32. The highest BCUT2D eigenvalue weighted by Crippen LogP contribution is 2.27. The first-order valence-corrected chi connectivity index (χ1v) is 6.58. The Labute approximate surface area is 111 Å². The van der Waals surface area contributed by atoms with Crippen LogP contribution in [0.25, 0.3) is 0 Å². The number of nitrogens with one attached hydrogen (secondary N) is 1. The molecule has 0 unspecified atom stereocenters. The third-order valence-electron chi connectivity index (χ3n) is 3.63. The molecule has 3 rings (SSSR count). The number of fused-ring (bicyclic) bond motifs is 1. The molecule has 0 atom stereocenters. The third-order valence-corrected chi connectivity index (χ3v) is 3.63. The second kappa shape index (κ2) is 4.57. The van der Waals surface area contributed by atoms with E-state index >= 15 is 0 Å². The first-order valence-electron chi connectivity index (χ1n) is 6.58. The maximum Gasteiger partial charge on any atom is 0.255 e. The topological polar surface area (TPSA) is 75.4 Å². The minimum absolute atomic E-state index is 0.0824. The lowest BCUT2D eigenvalue weighted by molar-refractivity contribution is -0.121. The van der Waals surface area contributed by atoms with Gasteiger partial charge in [0, 0.05) is 24.3 Å². The summed E-state index contributed by atoms with van der Waals surface area (Å²) >= 11 is 0. The van der Waals surface area contributed by atoms with Crippen LogP contribution in [-0.2, 0) is 11.3 Å². The number of nitrogen functional groups attached to an aromatic ring is 1. The molecule has 19 heavy (non-hydrogen) atoms. The molecule has 0 aromatic heterocycles. The number of nitrogens with two attached hydrogens (primary N) is 1. The van der Waals surface area contributed by atoms with Crippen molar-refractivity contribution in [2.45, 2.75) is 19.4 Å². The maximum atomic E-state index is 12.1. The van der Waals surface area contributed by atoms with E-state index in [1.165, 1.54) is 12.8 Å². The molecule has 0 radical (unpaired) electrons. The molecule has 1 aliphatic heterocycles. The molecule has 2 aliphatic rings. The van der Waals surface area contributed by atoms with Gasteiger partial charge in [0.05, 0.1) is 0 Å². The zero-order chi connectivity index (χ0) is 13.4. The number of hydrogen-bond donors (Lipinski definition) is 2. The van der Waals surface area contributed by atoms with Crippen LogP contribution in [-0.4, -0.2) is 29.8 Å². The summed E-state index contributed by atoms with van der Waals surface area (Å²) < 4.78 is 0. The second-order valence-electron chi connectivity index (χ2n) is 5.33. The minimum Gasteiger partial charge on any atom is -0.399 e. The van der Waals surface area contributed by atoms with Crippen molar-refractivity contribution >= 4 is 17.5 Å². The third kappa shape index (κ3) is 2.54.